The van der Waals surface area contributed by atoms with E-state index in [4.69, 9.17) is 9.72 Å². The number of likely N-dealkylation sites (tertiary alicyclic amines) is 1. The molecule has 4 aromatic rings. The summed E-state index contributed by atoms with van der Waals surface area (Å²) in [5.41, 5.74) is 7.47. The van der Waals surface area contributed by atoms with E-state index in [0.717, 1.165) is 55.2 Å². The topological polar surface area (TPSA) is 91.0 Å². The Balaban J connectivity index is 1.26. The zero-order valence-electron chi connectivity index (χ0n) is 20.9. The second-order valence-electron chi connectivity index (χ2n) is 9.44. The summed E-state index contributed by atoms with van der Waals surface area (Å²) in [5.74, 6) is 2.25. The predicted molar refractivity (Wildman–Crippen MR) is 141 cm³/mol. The minimum atomic E-state index is 0.328. The molecule has 2 aromatic carbocycles. The van der Waals surface area contributed by atoms with Gasteiger partial charge in [0.15, 0.2) is 11.5 Å². The molecular weight excluding hydrogens is 438 g/mol. The van der Waals surface area contributed by atoms with Crippen molar-refractivity contribution in [1.29, 1.82) is 0 Å². The van der Waals surface area contributed by atoms with Gasteiger partial charge in [0.05, 0.1) is 13.4 Å². The van der Waals surface area contributed by atoms with E-state index in [1.165, 1.54) is 22.3 Å². The van der Waals surface area contributed by atoms with Crippen LogP contribution in [-0.4, -0.2) is 51.1 Å². The Morgan fingerprint density at radius 3 is 2.43 bits per heavy atom. The number of benzene rings is 2. The van der Waals surface area contributed by atoms with Crippen molar-refractivity contribution in [2.45, 2.75) is 46.2 Å². The predicted octanol–water partition coefficient (Wildman–Crippen LogP) is 5.11. The van der Waals surface area contributed by atoms with E-state index in [2.05, 4.69) is 75.5 Å². The SMILES string of the molecule is COc1ccc(CN2CCC(Nc3nc(Nc4c(C)cc(C)cc4C)c4[nH]cnc4n3)CC2)cc1. The third-order valence-electron chi connectivity index (χ3n) is 6.69. The van der Waals surface area contributed by atoms with Gasteiger partial charge in [0.1, 0.15) is 11.3 Å². The van der Waals surface area contributed by atoms with E-state index in [1.807, 2.05) is 12.1 Å². The Labute approximate surface area is 206 Å². The van der Waals surface area contributed by atoms with Crippen LogP contribution in [0.15, 0.2) is 42.7 Å². The van der Waals surface area contributed by atoms with Gasteiger partial charge in [-0.3, -0.25) is 4.90 Å². The molecule has 2 aromatic heterocycles. The third-order valence-corrected chi connectivity index (χ3v) is 6.69. The molecule has 0 spiro atoms. The molecule has 0 bridgehead atoms. The largest absolute Gasteiger partial charge is 0.497 e. The van der Waals surface area contributed by atoms with Crippen LogP contribution in [0.4, 0.5) is 17.5 Å². The fourth-order valence-electron chi connectivity index (χ4n) is 4.89. The maximum atomic E-state index is 5.26. The molecule has 0 saturated carbocycles. The number of piperidine rings is 1. The molecule has 0 radical (unpaired) electrons. The van der Waals surface area contributed by atoms with Crippen molar-refractivity contribution in [3.05, 3.63) is 65.0 Å². The average molecular weight is 472 g/mol. The van der Waals surface area contributed by atoms with Crippen molar-refractivity contribution >= 4 is 28.6 Å². The molecule has 182 valence electrons. The van der Waals surface area contributed by atoms with Gasteiger partial charge in [-0.1, -0.05) is 29.8 Å². The highest BCUT2D eigenvalue weighted by atomic mass is 16.5. The first-order valence-electron chi connectivity index (χ1n) is 12.2. The van der Waals surface area contributed by atoms with Crippen LogP contribution in [-0.2, 0) is 6.54 Å². The number of aryl methyl sites for hydroxylation is 3. The van der Waals surface area contributed by atoms with Crippen LogP contribution in [0.25, 0.3) is 11.2 Å². The van der Waals surface area contributed by atoms with E-state index < -0.39 is 0 Å². The molecular formula is C27H33N7O. The maximum absolute atomic E-state index is 5.26. The summed E-state index contributed by atoms with van der Waals surface area (Å²) in [4.78, 5) is 19.6. The molecule has 3 N–H and O–H groups in total. The molecule has 0 unspecified atom stereocenters. The van der Waals surface area contributed by atoms with E-state index in [9.17, 15) is 0 Å². The quantitative estimate of drug-likeness (QED) is 0.345. The summed E-state index contributed by atoms with van der Waals surface area (Å²) >= 11 is 0. The fraction of sp³-hybridized carbons (Fsp3) is 0.370. The van der Waals surface area contributed by atoms with Crippen LogP contribution in [0.1, 0.15) is 35.1 Å². The van der Waals surface area contributed by atoms with Gasteiger partial charge in [-0.05, 0) is 62.4 Å². The Kier molecular flexibility index (Phi) is 6.55. The molecule has 35 heavy (non-hydrogen) atoms. The highest BCUT2D eigenvalue weighted by molar-refractivity contribution is 5.87. The fourth-order valence-corrected chi connectivity index (χ4v) is 4.89. The van der Waals surface area contributed by atoms with E-state index >= 15 is 0 Å². The average Bonchev–Trinajstić information content (AvgIpc) is 3.32. The van der Waals surface area contributed by atoms with Crippen molar-refractivity contribution in [2.24, 2.45) is 0 Å². The summed E-state index contributed by atoms with van der Waals surface area (Å²) in [6.45, 7) is 9.36. The van der Waals surface area contributed by atoms with E-state index in [0.29, 0.717) is 17.6 Å². The van der Waals surface area contributed by atoms with Crippen LogP contribution >= 0.6 is 0 Å². The summed E-state index contributed by atoms with van der Waals surface area (Å²) in [5, 5.41) is 7.10. The Bertz CT molecular complexity index is 1280. The molecule has 0 aliphatic carbocycles. The van der Waals surface area contributed by atoms with Gasteiger partial charge in [-0.2, -0.15) is 9.97 Å². The number of nitrogens with zero attached hydrogens (tertiary/aromatic N) is 4. The number of ether oxygens (including phenoxy) is 1. The molecule has 1 saturated heterocycles. The maximum Gasteiger partial charge on any atom is 0.227 e. The first-order chi connectivity index (χ1) is 17.0. The number of hydrogen-bond acceptors (Lipinski definition) is 7. The number of hydrogen-bond donors (Lipinski definition) is 3. The van der Waals surface area contributed by atoms with Crippen molar-refractivity contribution in [3.8, 4) is 5.75 Å². The number of nitrogens with one attached hydrogen (secondary N) is 3. The molecule has 8 heteroatoms. The first kappa shape index (κ1) is 23.1. The van der Waals surface area contributed by atoms with Crippen molar-refractivity contribution in [3.63, 3.8) is 0 Å². The lowest BCUT2D eigenvalue weighted by Gasteiger charge is -2.32. The Morgan fingerprint density at radius 1 is 1.03 bits per heavy atom. The molecule has 0 amide bonds. The number of fused-ring (bicyclic) bond motifs is 1. The second kappa shape index (κ2) is 9.92. The molecule has 8 nitrogen and oxygen atoms in total. The minimum Gasteiger partial charge on any atom is -0.497 e. The van der Waals surface area contributed by atoms with Crippen LogP contribution in [0.5, 0.6) is 5.75 Å². The highest BCUT2D eigenvalue weighted by Gasteiger charge is 2.21. The number of anilines is 3. The van der Waals surface area contributed by atoms with Crippen LogP contribution in [0.2, 0.25) is 0 Å². The molecule has 1 aliphatic heterocycles. The highest BCUT2D eigenvalue weighted by Crippen LogP contribution is 2.29. The summed E-state index contributed by atoms with van der Waals surface area (Å²) in [7, 11) is 1.70. The molecule has 3 heterocycles. The van der Waals surface area contributed by atoms with E-state index in [-0.39, 0.29) is 0 Å². The third kappa shape index (κ3) is 5.22. The van der Waals surface area contributed by atoms with Gasteiger partial charge in [-0.15, -0.1) is 0 Å². The van der Waals surface area contributed by atoms with Crippen molar-refractivity contribution < 1.29 is 4.74 Å². The number of methoxy groups -OCH3 is 1. The lowest BCUT2D eigenvalue weighted by atomic mass is 10.0. The van der Waals surface area contributed by atoms with Gasteiger partial charge in [0, 0.05) is 31.4 Å². The molecule has 1 fully saturated rings. The van der Waals surface area contributed by atoms with Gasteiger partial charge in [0.2, 0.25) is 5.95 Å². The summed E-state index contributed by atoms with van der Waals surface area (Å²) < 4.78 is 5.26. The minimum absolute atomic E-state index is 0.328. The van der Waals surface area contributed by atoms with Crippen LogP contribution < -0.4 is 15.4 Å². The van der Waals surface area contributed by atoms with Crippen molar-refractivity contribution in [1.82, 2.24) is 24.8 Å². The number of aromatic amines is 1. The Hall–Kier alpha value is -3.65. The number of imidazole rings is 1. The van der Waals surface area contributed by atoms with Crippen LogP contribution in [0.3, 0.4) is 0 Å². The smallest absolute Gasteiger partial charge is 0.227 e. The normalized spacial score (nSPS) is 14.9. The molecule has 5 rings (SSSR count). The number of H-pyrrole nitrogens is 1. The zero-order chi connectivity index (χ0) is 24.4. The monoisotopic (exact) mass is 471 g/mol. The van der Waals surface area contributed by atoms with Gasteiger partial charge < -0.3 is 20.4 Å². The lowest BCUT2D eigenvalue weighted by Crippen LogP contribution is -2.39. The molecule has 0 atom stereocenters. The van der Waals surface area contributed by atoms with Crippen LogP contribution in [0, 0.1) is 20.8 Å². The molecule has 1 aliphatic rings. The second-order valence-corrected chi connectivity index (χ2v) is 9.44. The van der Waals surface area contributed by atoms with Gasteiger partial charge >= 0.3 is 0 Å². The Morgan fingerprint density at radius 2 is 1.74 bits per heavy atom. The van der Waals surface area contributed by atoms with Crippen molar-refractivity contribution in [2.75, 3.05) is 30.8 Å². The van der Waals surface area contributed by atoms with E-state index in [1.54, 1.807) is 13.4 Å². The zero-order valence-corrected chi connectivity index (χ0v) is 20.9. The number of aromatic nitrogens is 4. The summed E-state index contributed by atoms with van der Waals surface area (Å²) in [6, 6.07) is 13.0. The standard InChI is InChI=1S/C27H33N7O/c1-17-13-18(2)23(19(3)14-17)31-26-24-25(29-16-28-24)32-27(33-26)30-21-9-11-34(12-10-21)15-20-5-7-22(35-4)8-6-20/h5-8,13-14,16,21H,9-12,15H2,1-4H3,(H3,28,29,30,31,32,33). The summed E-state index contributed by atoms with van der Waals surface area (Å²) in [6.07, 6.45) is 3.74. The number of rotatable bonds is 7. The first-order valence-corrected chi connectivity index (χ1v) is 12.2. The van der Waals surface area contributed by atoms with Gasteiger partial charge in [-0.25, -0.2) is 4.98 Å². The van der Waals surface area contributed by atoms with Gasteiger partial charge in [0.25, 0.3) is 0 Å². The lowest BCUT2D eigenvalue weighted by molar-refractivity contribution is 0.211.